The number of hydrogen-bond donors (Lipinski definition) is 2. The van der Waals surface area contributed by atoms with Gasteiger partial charge in [-0.3, -0.25) is 4.79 Å². The molecule has 0 spiro atoms. The van der Waals surface area contributed by atoms with Crippen molar-refractivity contribution in [2.24, 2.45) is 5.73 Å². The van der Waals surface area contributed by atoms with Gasteiger partial charge in [0.2, 0.25) is 5.91 Å². The van der Waals surface area contributed by atoms with Gasteiger partial charge in [0.05, 0.1) is 6.42 Å². The molecule has 0 aliphatic heterocycles. The number of amides is 1. The molecule has 0 radical (unpaired) electrons. The summed E-state index contributed by atoms with van der Waals surface area (Å²) in [7, 11) is 0. The van der Waals surface area contributed by atoms with Crippen LogP contribution in [0.4, 0.5) is 0 Å². The van der Waals surface area contributed by atoms with E-state index >= 15 is 0 Å². The minimum Gasteiger partial charge on any atom is -0.353 e. The van der Waals surface area contributed by atoms with Crippen LogP contribution in [0, 0.1) is 13.8 Å². The lowest BCUT2D eigenvalue weighted by Gasteiger charge is -2.13. The molecule has 1 aromatic rings. The SMILES string of the molecule is Cc1ccc(CC(=O)NC(C)CCCN)cc1C. The first-order valence-electron chi connectivity index (χ1n) is 6.58. The number of carbonyl (C=O) groups is 1. The van der Waals surface area contributed by atoms with E-state index in [9.17, 15) is 4.79 Å². The molecule has 1 unspecified atom stereocenters. The van der Waals surface area contributed by atoms with Crippen LogP contribution in [-0.2, 0) is 11.2 Å². The molecule has 0 bridgehead atoms. The molecule has 0 heterocycles. The van der Waals surface area contributed by atoms with E-state index in [4.69, 9.17) is 5.73 Å². The average molecular weight is 248 g/mol. The largest absolute Gasteiger partial charge is 0.353 e. The van der Waals surface area contributed by atoms with Crippen LogP contribution in [0.1, 0.15) is 36.5 Å². The first-order valence-corrected chi connectivity index (χ1v) is 6.58. The monoisotopic (exact) mass is 248 g/mol. The highest BCUT2D eigenvalue weighted by Gasteiger charge is 2.08. The predicted molar refractivity (Wildman–Crippen MR) is 75.5 cm³/mol. The Labute approximate surface area is 110 Å². The summed E-state index contributed by atoms with van der Waals surface area (Å²) in [4.78, 5) is 11.8. The molecule has 100 valence electrons. The summed E-state index contributed by atoms with van der Waals surface area (Å²) in [6.45, 7) is 6.85. The molecule has 3 N–H and O–H groups in total. The second-order valence-corrected chi connectivity index (χ2v) is 4.99. The summed E-state index contributed by atoms with van der Waals surface area (Å²) in [5.74, 6) is 0.0859. The van der Waals surface area contributed by atoms with E-state index in [-0.39, 0.29) is 11.9 Å². The van der Waals surface area contributed by atoms with Gasteiger partial charge in [-0.15, -0.1) is 0 Å². The fourth-order valence-corrected chi connectivity index (χ4v) is 1.92. The Morgan fingerprint density at radius 3 is 2.67 bits per heavy atom. The number of rotatable bonds is 6. The summed E-state index contributed by atoms with van der Waals surface area (Å²) in [5, 5.41) is 3.00. The molecule has 3 nitrogen and oxygen atoms in total. The molecule has 1 amide bonds. The van der Waals surface area contributed by atoms with Gasteiger partial charge in [-0.1, -0.05) is 18.2 Å². The van der Waals surface area contributed by atoms with Crippen molar-refractivity contribution in [1.29, 1.82) is 0 Å². The van der Waals surface area contributed by atoms with Crippen LogP contribution < -0.4 is 11.1 Å². The molecule has 1 rings (SSSR count). The van der Waals surface area contributed by atoms with Crippen molar-refractivity contribution < 1.29 is 4.79 Å². The Kier molecular flexibility index (Phi) is 5.86. The van der Waals surface area contributed by atoms with Gasteiger partial charge in [-0.2, -0.15) is 0 Å². The summed E-state index contributed by atoms with van der Waals surface area (Å²) in [5.41, 5.74) is 9.01. The molecule has 0 fully saturated rings. The molecule has 0 saturated carbocycles. The van der Waals surface area contributed by atoms with Crippen molar-refractivity contribution in [3.63, 3.8) is 0 Å². The van der Waals surface area contributed by atoms with E-state index < -0.39 is 0 Å². The minimum absolute atomic E-state index is 0.0859. The number of carbonyl (C=O) groups excluding carboxylic acids is 1. The topological polar surface area (TPSA) is 55.1 Å². The van der Waals surface area contributed by atoms with E-state index in [1.807, 2.05) is 13.0 Å². The maximum atomic E-state index is 11.8. The zero-order chi connectivity index (χ0) is 13.5. The fourth-order valence-electron chi connectivity index (χ4n) is 1.92. The Bertz CT molecular complexity index is 401. The molecule has 1 aromatic carbocycles. The van der Waals surface area contributed by atoms with Gasteiger partial charge in [0.25, 0.3) is 0 Å². The highest BCUT2D eigenvalue weighted by Crippen LogP contribution is 2.10. The van der Waals surface area contributed by atoms with Crippen molar-refractivity contribution in [2.45, 2.75) is 46.1 Å². The third-order valence-corrected chi connectivity index (χ3v) is 3.18. The summed E-state index contributed by atoms with van der Waals surface area (Å²) >= 11 is 0. The Balaban J connectivity index is 2.46. The number of nitrogens with two attached hydrogens (primary N) is 1. The zero-order valence-corrected chi connectivity index (χ0v) is 11.6. The number of aryl methyl sites for hydroxylation is 2. The van der Waals surface area contributed by atoms with E-state index in [2.05, 4.69) is 31.3 Å². The van der Waals surface area contributed by atoms with Gasteiger partial charge in [0.1, 0.15) is 0 Å². The van der Waals surface area contributed by atoms with Crippen LogP contribution in [0.15, 0.2) is 18.2 Å². The highest BCUT2D eigenvalue weighted by molar-refractivity contribution is 5.78. The zero-order valence-electron chi connectivity index (χ0n) is 11.6. The van der Waals surface area contributed by atoms with Gasteiger partial charge in [-0.25, -0.2) is 0 Å². The fraction of sp³-hybridized carbons (Fsp3) is 0.533. The van der Waals surface area contributed by atoms with E-state index in [1.54, 1.807) is 0 Å². The van der Waals surface area contributed by atoms with Gasteiger partial charge in [-0.05, 0) is 56.8 Å². The van der Waals surface area contributed by atoms with Crippen molar-refractivity contribution in [2.75, 3.05) is 6.54 Å². The number of benzene rings is 1. The molecule has 0 aromatic heterocycles. The van der Waals surface area contributed by atoms with Crippen molar-refractivity contribution in [3.05, 3.63) is 34.9 Å². The Morgan fingerprint density at radius 2 is 2.06 bits per heavy atom. The summed E-state index contributed by atoms with van der Waals surface area (Å²) in [6, 6.07) is 6.37. The van der Waals surface area contributed by atoms with Gasteiger partial charge in [0.15, 0.2) is 0 Å². The standard InChI is InChI=1S/C15H24N2O/c1-11-6-7-14(9-12(11)2)10-15(18)17-13(3)5-4-8-16/h6-7,9,13H,4-5,8,10,16H2,1-3H3,(H,17,18). The summed E-state index contributed by atoms with van der Waals surface area (Å²) < 4.78 is 0. The quantitative estimate of drug-likeness (QED) is 0.810. The number of hydrogen-bond acceptors (Lipinski definition) is 2. The molecule has 0 saturated heterocycles. The third kappa shape index (κ3) is 4.88. The smallest absolute Gasteiger partial charge is 0.224 e. The second kappa shape index (κ2) is 7.17. The van der Waals surface area contributed by atoms with Crippen molar-refractivity contribution in [1.82, 2.24) is 5.32 Å². The molecule has 1 atom stereocenters. The maximum absolute atomic E-state index is 11.8. The van der Waals surface area contributed by atoms with Gasteiger partial charge in [0, 0.05) is 6.04 Å². The normalized spacial score (nSPS) is 12.2. The van der Waals surface area contributed by atoms with E-state index in [0.717, 1.165) is 18.4 Å². The highest BCUT2D eigenvalue weighted by atomic mass is 16.1. The molecular weight excluding hydrogens is 224 g/mol. The number of nitrogens with one attached hydrogen (secondary N) is 1. The van der Waals surface area contributed by atoms with E-state index in [1.165, 1.54) is 11.1 Å². The van der Waals surface area contributed by atoms with E-state index in [0.29, 0.717) is 13.0 Å². The molecule has 0 aliphatic carbocycles. The van der Waals surface area contributed by atoms with Crippen molar-refractivity contribution in [3.8, 4) is 0 Å². The molecular formula is C15H24N2O. The third-order valence-electron chi connectivity index (χ3n) is 3.18. The van der Waals surface area contributed by atoms with Crippen molar-refractivity contribution >= 4 is 5.91 Å². The molecule has 18 heavy (non-hydrogen) atoms. The van der Waals surface area contributed by atoms with Crippen LogP contribution in [0.2, 0.25) is 0 Å². The second-order valence-electron chi connectivity index (χ2n) is 4.99. The summed E-state index contributed by atoms with van der Waals surface area (Å²) in [6.07, 6.45) is 2.34. The lowest BCUT2D eigenvalue weighted by Crippen LogP contribution is -2.34. The lowest BCUT2D eigenvalue weighted by atomic mass is 10.0. The molecule has 3 heteroatoms. The first-order chi connectivity index (χ1) is 8.52. The van der Waals surface area contributed by atoms with Crippen LogP contribution in [0.5, 0.6) is 0 Å². The Morgan fingerprint density at radius 1 is 1.33 bits per heavy atom. The Hall–Kier alpha value is -1.35. The van der Waals surface area contributed by atoms with Crippen LogP contribution in [0.3, 0.4) is 0 Å². The van der Waals surface area contributed by atoms with Crippen LogP contribution in [-0.4, -0.2) is 18.5 Å². The van der Waals surface area contributed by atoms with Gasteiger partial charge < -0.3 is 11.1 Å². The van der Waals surface area contributed by atoms with Crippen LogP contribution in [0.25, 0.3) is 0 Å². The lowest BCUT2D eigenvalue weighted by molar-refractivity contribution is -0.121. The predicted octanol–water partition coefficient (Wildman–Crippen LogP) is 2.09. The minimum atomic E-state index is 0.0859. The first kappa shape index (κ1) is 14.7. The molecule has 0 aliphatic rings. The van der Waals surface area contributed by atoms with Crippen LogP contribution >= 0.6 is 0 Å². The van der Waals surface area contributed by atoms with Gasteiger partial charge >= 0.3 is 0 Å². The maximum Gasteiger partial charge on any atom is 0.224 e. The average Bonchev–Trinajstić information content (AvgIpc) is 2.31.